The zero-order valence-electron chi connectivity index (χ0n) is 15.0. The van der Waals surface area contributed by atoms with E-state index in [4.69, 9.17) is 0 Å². The van der Waals surface area contributed by atoms with Gasteiger partial charge in [-0.25, -0.2) is 0 Å². The number of amides is 1. The summed E-state index contributed by atoms with van der Waals surface area (Å²) in [6.45, 7) is 1.73. The molecule has 0 aliphatic rings. The van der Waals surface area contributed by atoms with Crippen molar-refractivity contribution in [2.75, 3.05) is 7.05 Å². The molecule has 1 amide bonds. The zero-order chi connectivity index (χ0) is 18.6. The summed E-state index contributed by atoms with van der Waals surface area (Å²) in [6.07, 6.45) is 0. The first kappa shape index (κ1) is 17.9. The number of carbonyl (C=O) groups is 1. The van der Waals surface area contributed by atoms with Crippen molar-refractivity contribution in [3.8, 4) is 10.4 Å². The SMILES string of the molecule is CNC(=O)c1cc2cc(-c3ccc(CNCc4ccccc4)s3)ccc2s1. The van der Waals surface area contributed by atoms with Crippen molar-refractivity contribution in [3.63, 3.8) is 0 Å². The fourth-order valence-electron chi connectivity index (χ4n) is 2.99. The summed E-state index contributed by atoms with van der Waals surface area (Å²) in [4.78, 5) is 15.2. The van der Waals surface area contributed by atoms with Gasteiger partial charge in [0.1, 0.15) is 0 Å². The number of hydrogen-bond donors (Lipinski definition) is 2. The Hall–Kier alpha value is -2.47. The molecule has 0 spiro atoms. The van der Waals surface area contributed by atoms with Crippen molar-refractivity contribution in [1.29, 1.82) is 0 Å². The molecule has 2 heterocycles. The minimum absolute atomic E-state index is 0.0272. The van der Waals surface area contributed by atoms with Crippen LogP contribution in [0.3, 0.4) is 0 Å². The Bertz CT molecular complexity index is 1070. The maximum absolute atomic E-state index is 11.8. The number of fused-ring (bicyclic) bond motifs is 1. The topological polar surface area (TPSA) is 41.1 Å². The van der Waals surface area contributed by atoms with E-state index in [2.05, 4.69) is 65.2 Å². The van der Waals surface area contributed by atoms with Crippen molar-refractivity contribution in [2.45, 2.75) is 13.1 Å². The highest BCUT2D eigenvalue weighted by Gasteiger charge is 2.10. The summed E-state index contributed by atoms with van der Waals surface area (Å²) >= 11 is 3.34. The van der Waals surface area contributed by atoms with Gasteiger partial charge < -0.3 is 10.6 Å². The van der Waals surface area contributed by atoms with Crippen LogP contribution in [0.5, 0.6) is 0 Å². The molecule has 0 bridgehead atoms. The summed E-state index contributed by atoms with van der Waals surface area (Å²) in [5, 5.41) is 7.31. The van der Waals surface area contributed by atoms with Crippen LogP contribution in [0.1, 0.15) is 20.1 Å². The Morgan fingerprint density at radius 3 is 2.59 bits per heavy atom. The summed E-state index contributed by atoms with van der Waals surface area (Å²) in [7, 11) is 1.66. The third-order valence-corrected chi connectivity index (χ3v) is 6.63. The molecule has 136 valence electrons. The lowest BCUT2D eigenvalue weighted by molar-refractivity contribution is 0.0967. The Kier molecular flexibility index (Phi) is 5.34. The molecule has 4 rings (SSSR count). The van der Waals surface area contributed by atoms with Gasteiger partial charge in [-0.3, -0.25) is 4.79 Å². The molecule has 0 unspecified atom stereocenters. The predicted molar refractivity (Wildman–Crippen MR) is 116 cm³/mol. The second-order valence-corrected chi connectivity index (χ2v) is 8.55. The van der Waals surface area contributed by atoms with Crippen LogP contribution in [0.4, 0.5) is 0 Å². The second kappa shape index (κ2) is 8.05. The molecular weight excluding hydrogens is 372 g/mol. The molecule has 27 heavy (non-hydrogen) atoms. The van der Waals surface area contributed by atoms with Crippen molar-refractivity contribution in [3.05, 3.63) is 82.0 Å². The van der Waals surface area contributed by atoms with E-state index in [-0.39, 0.29) is 5.91 Å². The normalized spacial score (nSPS) is 11.0. The standard InChI is InChI=1S/C22H20N2OS2/c1-23-22(25)21-12-17-11-16(7-9-20(17)27-21)19-10-8-18(26-19)14-24-13-15-5-3-2-4-6-15/h2-12,24H,13-14H2,1H3,(H,23,25). The summed E-state index contributed by atoms with van der Waals surface area (Å²) < 4.78 is 1.14. The van der Waals surface area contributed by atoms with Gasteiger partial charge in [-0.1, -0.05) is 36.4 Å². The highest BCUT2D eigenvalue weighted by Crippen LogP contribution is 2.33. The van der Waals surface area contributed by atoms with Crippen molar-refractivity contribution in [2.24, 2.45) is 0 Å². The zero-order valence-corrected chi connectivity index (χ0v) is 16.6. The van der Waals surface area contributed by atoms with E-state index in [0.29, 0.717) is 0 Å². The molecule has 0 aliphatic carbocycles. The van der Waals surface area contributed by atoms with Crippen LogP contribution >= 0.6 is 22.7 Å². The summed E-state index contributed by atoms with van der Waals surface area (Å²) in [5.41, 5.74) is 2.49. The van der Waals surface area contributed by atoms with Crippen molar-refractivity contribution in [1.82, 2.24) is 10.6 Å². The van der Waals surface area contributed by atoms with Gasteiger partial charge >= 0.3 is 0 Å². The predicted octanol–water partition coefficient (Wildman–Crippen LogP) is 5.28. The minimum Gasteiger partial charge on any atom is -0.354 e. The van der Waals surface area contributed by atoms with Crippen LogP contribution in [0.25, 0.3) is 20.5 Å². The average Bonchev–Trinajstić information content (AvgIpc) is 3.34. The van der Waals surface area contributed by atoms with Gasteiger partial charge in [0.15, 0.2) is 0 Å². The number of hydrogen-bond acceptors (Lipinski definition) is 4. The number of rotatable bonds is 6. The first-order valence-corrected chi connectivity index (χ1v) is 10.5. The third kappa shape index (κ3) is 4.11. The lowest BCUT2D eigenvalue weighted by Crippen LogP contribution is -2.15. The minimum atomic E-state index is -0.0272. The molecule has 5 heteroatoms. The van der Waals surface area contributed by atoms with Gasteiger partial charge in [-0.05, 0) is 46.8 Å². The quantitative estimate of drug-likeness (QED) is 0.469. The Labute approximate surface area is 166 Å². The van der Waals surface area contributed by atoms with Gasteiger partial charge in [0, 0.05) is 34.6 Å². The second-order valence-electron chi connectivity index (χ2n) is 6.30. The molecule has 2 aromatic carbocycles. The first-order valence-electron chi connectivity index (χ1n) is 8.82. The van der Waals surface area contributed by atoms with E-state index < -0.39 is 0 Å². The van der Waals surface area contributed by atoms with Crippen LogP contribution in [0.2, 0.25) is 0 Å². The molecule has 2 N–H and O–H groups in total. The monoisotopic (exact) mass is 392 g/mol. The Balaban J connectivity index is 1.46. The largest absolute Gasteiger partial charge is 0.354 e. The average molecular weight is 393 g/mol. The Morgan fingerprint density at radius 1 is 0.926 bits per heavy atom. The maximum Gasteiger partial charge on any atom is 0.261 e. The van der Waals surface area contributed by atoms with E-state index in [1.807, 2.05) is 23.5 Å². The molecule has 0 atom stereocenters. The molecular formula is C22H20N2OS2. The van der Waals surface area contributed by atoms with Crippen LogP contribution in [0, 0.1) is 0 Å². The van der Waals surface area contributed by atoms with E-state index in [1.165, 1.54) is 32.2 Å². The molecule has 0 saturated carbocycles. The van der Waals surface area contributed by atoms with Crippen LogP contribution in [0.15, 0.2) is 66.7 Å². The number of nitrogens with one attached hydrogen (secondary N) is 2. The molecule has 2 aromatic heterocycles. The molecule has 3 nitrogen and oxygen atoms in total. The van der Waals surface area contributed by atoms with Crippen molar-refractivity contribution >= 4 is 38.7 Å². The third-order valence-electron chi connectivity index (χ3n) is 4.38. The van der Waals surface area contributed by atoms with Gasteiger partial charge in [0.25, 0.3) is 5.91 Å². The lowest BCUT2D eigenvalue weighted by atomic mass is 10.1. The van der Waals surface area contributed by atoms with Gasteiger partial charge in [0.05, 0.1) is 4.88 Å². The number of benzene rings is 2. The van der Waals surface area contributed by atoms with Crippen LogP contribution in [-0.4, -0.2) is 13.0 Å². The molecule has 0 saturated heterocycles. The summed E-state index contributed by atoms with van der Waals surface area (Å²) in [6, 6.07) is 23.2. The van der Waals surface area contributed by atoms with Gasteiger partial charge in [-0.15, -0.1) is 22.7 Å². The maximum atomic E-state index is 11.8. The number of thiophene rings is 2. The van der Waals surface area contributed by atoms with Crippen LogP contribution in [-0.2, 0) is 13.1 Å². The first-order chi connectivity index (χ1) is 13.2. The van der Waals surface area contributed by atoms with E-state index in [9.17, 15) is 4.79 Å². The molecule has 0 fully saturated rings. The molecule has 0 radical (unpaired) electrons. The van der Waals surface area contributed by atoms with E-state index in [0.717, 1.165) is 28.1 Å². The fraction of sp³-hybridized carbons (Fsp3) is 0.136. The number of carbonyl (C=O) groups excluding carboxylic acids is 1. The lowest BCUT2D eigenvalue weighted by Gasteiger charge is -2.03. The molecule has 0 aliphatic heterocycles. The highest BCUT2D eigenvalue weighted by atomic mass is 32.1. The van der Waals surface area contributed by atoms with E-state index in [1.54, 1.807) is 7.05 Å². The van der Waals surface area contributed by atoms with Crippen molar-refractivity contribution < 1.29 is 4.79 Å². The highest BCUT2D eigenvalue weighted by molar-refractivity contribution is 7.20. The van der Waals surface area contributed by atoms with Crippen LogP contribution < -0.4 is 10.6 Å². The smallest absolute Gasteiger partial charge is 0.261 e. The summed E-state index contributed by atoms with van der Waals surface area (Å²) in [5.74, 6) is -0.0272. The van der Waals surface area contributed by atoms with Gasteiger partial charge in [-0.2, -0.15) is 0 Å². The molecule has 4 aromatic rings. The Morgan fingerprint density at radius 2 is 1.78 bits per heavy atom. The van der Waals surface area contributed by atoms with Gasteiger partial charge in [0.2, 0.25) is 0 Å². The van der Waals surface area contributed by atoms with E-state index >= 15 is 0 Å². The fourth-order valence-corrected chi connectivity index (χ4v) is 4.95.